The van der Waals surface area contributed by atoms with Gasteiger partial charge in [0.1, 0.15) is 12.1 Å². The number of hydrogen-bond donors (Lipinski definition) is 0. The van der Waals surface area contributed by atoms with Crippen molar-refractivity contribution < 1.29 is 14.1 Å². The molecule has 6 heteroatoms. The third-order valence-electron chi connectivity index (χ3n) is 2.88. The maximum absolute atomic E-state index is 11.2. The molecule has 3 rings (SSSR count). The summed E-state index contributed by atoms with van der Waals surface area (Å²) in [5, 5.41) is 5.84. The number of hydrogen-bond acceptors (Lipinski definition) is 6. The SMILES string of the molecule is COC(=O)Cc1nc(-c2nccc3ccccc23)no1. The highest BCUT2D eigenvalue weighted by atomic mass is 16.5. The van der Waals surface area contributed by atoms with Crippen LogP contribution >= 0.6 is 0 Å². The number of carbonyl (C=O) groups is 1. The molecule has 6 nitrogen and oxygen atoms in total. The Balaban J connectivity index is 2.01. The van der Waals surface area contributed by atoms with Crippen LogP contribution in [0.4, 0.5) is 0 Å². The van der Waals surface area contributed by atoms with Gasteiger partial charge in [-0.25, -0.2) is 0 Å². The lowest BCUT2D eigenvalue weighted by Gasteiger charge is -2.00. The summed E-state index contributed by atoms with van der Waals surface area (Å²) in [4.78, 5) is 19.6. The second-order valence-electron chi connectivity index (χ2n) is 4.15. The lowest BCUT2D eigenvalue weighted by molar-refractivity contribution is -0.140. The zero-order valence-corrected chi connectivity index (χ0v) is 10.7. The fourth-order valence-corrected chi connectivity index (χ4v) is 1.92. The van der Waals surface area contributed by atoms with Crippen LogP contribution in [-0.2, 0) is 16.0 Å². The van der Waals surface area contributed by atoms with E-state index in [-0.39, 0.29) is 12.3 Å². The van der Waals surface area contributed by atoms with Crippen LogP contribution in [0.2, 0.25) is 0 Å². The third-order valence-corrected chi connectivity index (χ3v) is 2.88. The summed E-state index contributed by atoms with van der Waals surface area (Å²) < 4.78 is 9.60. The number of pyridine rings is 1. The third kappa shape index (κ3) is 2.23. The molecule has 0 aliphatic heterocycles. The van der Waals surface area contributed by atoms with E-state index in [0.717, 1.165) is 10.8 Å². The average Bonchev–Trinajstić information content (AvgIpc) is 2.94. The van der Waals surface area contributed by atoms with Gasteiger partial charge in [0.15, 0.2) is 0 Å². The molecule has 1 aromatic carbocycles. The Labute approximate surface area is 114 Å². The highest BCUT2D eigenvalue weighted by molar-refractivity contribution is 5.92. The largest absolute Gasteiger partial charge is 0.469 e. The van der Waals surface area contributed by atoms with Gasteiger partial charge >= 0.3 is 5.97 Å². The first-order chi connectivity index (χ1) is 9.78. The van der Waals surface area contributed by atoms with E-state index in [4.69, 9.17) is 4.52 Å². The minimum absolute atomic E-state index is 0.0474. The standard InChI is InChI=1S/C14H11N3O3/c1-19-12(18)8-11-16-14(17-20-11)13-10-5-3-2-4-9(10)6-7-15-13/h2-7H,8H2,1H3. The molecular weight excluding hydrogens is 258 g/mol. The van der Waals surface area contributed by atoms with Gasteiger partial charge in [-0.1, -0.05) is 29.4 Å². The molecule has 2 aromatic heterocycles. The highest BCUT2D eigenvalue weighted by Gasteiger charge is 2.15. The van der Waals surface area contributed by atoms with E-state index in [1.807, 2.05) is 30.3 Å². The van der Waals surface area contributed by atoms with Crippen LogP contribution < -0.4 is 0 Å². The quantitative estimate of drug-likeness (QED) is 0.677. The molecule has 0 aliphatic carbocycles. The summed E-state index contributed by atoms with van der Waals surface area (Å²) in [5.74, 6) is 0.147. The molecular formula is C14H11N3O3. The lowest BCUT2D eigenvalue weighted by atomic mass is 10.1. The highest BCUT2D eigenvalue weighted by Crippen LogP contribution is 2.24. The lowest BCUT2D eigenvalue weighted by Crippen LogP contribution is -2.04. The predicted octanol–water partition coefficient (Wildman–Crippen LogP) is 2.00. The number of nitrogens with zero attached hydrogens (tertiary/aromatic N) is 3. The van der Waals surface area contributed by atoms with Crippen molar-refractivity contribution >= 4 is 16.7 Å². The van der Waals surface area contributed by atoms with Crippen molar-refractivity contribution in [1.82, 2.24) is 15.1 Å². The molecule has 0 atom stereocenters. The summed E-state index contributed by atoms with van der Waals surface area (Å²) in [6.07, 6.45) is 1.64. The second-order valence-corrected chi connectivity index (χ2v) is 4.15. The number of rotatable bonds is 3. The molecule has 100 valence electrons. The van der Waals surface area contributed by atoms with Gasteiger partial charge in [-0.05, 0) is 11.5 Å². The van der Waals surface area contributed by atoms with Crippen LogP contribution in [0.5, 0.6) is 0 Å². The van der Waals surface area contributed by atoms with Crippen molar-refractivity contribution in [2.45, 2.75) is 6.42 Å². The molecule has 0 spiro atoms. The van der Waals surface area contributed by atoms with Crippen LogP contribution in [0.3, 0.4) is 0 Å². The molecule has 3 aromatic rings. The van der Waals surface area contributed by atoms with Gasteiger partial charge in [-0.15, -0.1) is 0 Å². The molecule has 0 amide bonds. The summed E-state index contributed by atoms with van der Waals surface area (Å²) >= 11 is 0. The topological polar surface area (TPSA) is 78.1 Å². The molecule has 0 fully saturated rings. The Morgan fingerprint density at radius 2 is 2.15 bits per heavy atom. The van der Waals surface area contributed by atoms with E-state index >= 15 is 0 Å². The van der Waals surface area contributed by atoms with E-state index in [1.54, 1.807) is 6.20 Å². The number of benzene rings is 1. The summed E-state index contributed by atoms with van der Waals surface area (Å²) in [5.41, 5.74) is 0.628. The average molecular weight is 269 g/mol. The Morgan fingerprint density at radius 3 is 3.00 bits per heavy atom. The minimum atomic E-state index is -0.425. The zero-order valence-electron chi connectivity index (χ0n) is 10.7. The van der Waals surface area contributed by atoms with Gasteiger partial charge < -0.3 is 9.26 Å². The number of methoxy groups -OCH3 is 1. The molecule has 0 radical (unpaired) electrons. The number of esters is 1. The first-order valence-electron chi connectivity index (χ1n) is 6.01. The molecule has 0 N–H and O–H groups in total. The van der Waals surface area contributed by atoms with Crippen molar-refractivity contribution in [3.63, 3.8) is 0 Å². The zero-order chi connectivity index (χ0) is 13.9. The molecule has 0 saturated carbocycles. The van der Waals surface area contributed by atoms with Crippen LogP contribution in [0.15, 0.2) is 41.1 Å². The van der Waals surface area contributed by atoms with Gasteiger partial charge in [0.05, 0.1) is 7.11 Å². The van der Waals surface area contributed by atoms with Crippen LogP contribution in [0.25, 0.3) is 22.3 Å². The van der Waals surface area contributed by atoms with Gasteiger partial charge in [0.2, 0.25) is 11.7 Å². The summed E-state index contributed by atoms with van der Waals surface area (Å²) in [6, 6.07) is 9.70. The van der Waals surface area contributed by atoms with Crippen molar-refractivity contribution in [3.8, 4) is 11.5 Å². The molecule has 0 bridgehead atoms. The second kappa shape index (κ2) is 5.08. The first kappa shape index (κ1) is 12.3. The number of fused-ring (bicyclic) bond motifs is 1. The number of carbonyl (C=O) groups excluding carboxylic acids is 1. The Hall–Kier alpha value is -2.76. The van der Waals surface area contributed by atoms with Gasteiger partial charge in [0.25, 0.3) is 0 Å². The summed E-state index contributed by atoms with van der Waals surface area (Å²) in [6.45, 7) is 0. The van der Waals surface area contributed by atoms with E-state index < -0.39 is 5.97 Å². The van der Waals surface area contributed by atoms with Gasteiger partial charge in [-0.3, -0.25) is 9.78 Å². The van der Waals surface area contributed by atoms with Crippen molar-refractivity contribution in [2.24, 2.45) is 0 Å². The summed E-state index contributed by atoms with van der Waals surface area (Å²) in [7, 11) is 1.31. The maximum Gasteiger partial charge on any atom is 0.315 e. The van der Waals surface area contributed by atoms with Crippen LogP contribution in [0, 0.1) is 0 Å². The Bertz CT molecular complexity index is 762. The first-order valence-corrected chi connectivity index (χ1v) is 6.01. The van der Waals surface area contributed by atoms with E-state index in [9.17, 15) is 4.79 Å². The molecule has 2 heterocycles. The maximum atomic E-state index is 11.2. The van der Waals surface area contributed by atoms with Crippen LogP contribution in [-0.4, -0.2) is 28.2 Å². The van der Waals surface area contributed by atoms with Crippen LogP contribution in [0.1, 0.15) is 5.89 Å². The molecule has 0 aliphatic rings. The van der Waals surface area contributed by atoms with Gasteiger partial charge in [-0.2, -0.15) is 4.98 Å². The Kier molecular flexibility index (Phi) is 3.12. The smallest absolute Gasteiger partial charge is 0.315 e. The monoisotopic (exact) mass is 269 g/mol. The fraction of sp³-hybridized carbons (Fsp3) is 0.143. The fourth-order valence-electron chi connectivity index (χ4n) is 1.92. The molecule has 0 unspecified atom stereocenters. The molecule has 20 heavy (non-hydrogen) atoms. The molecule has 0 saturated heterocycles. The van der Waals surface area contributed by atoms with E-state index in [1.165, 1.54) is 7.11 Å². The van der Waals surface area contributed by atoms with E-state index in [2.05, 4.69) is 19.9 Å². The number of ether oxygens (including phenoxy) is 1. The van der Waals surface area contributed by atoms with Gasteiger partial charge in [0, 0.05) is 11.6 Å². The van der Waals surface area contributed by atoms with Crippen molar-refractivity contribution in [1.29, 1.82) is 0 Å². The Morgan fingerprint density at radius 1 is 1.30 bits per heavy atom. The van der Waals surface area contributed by atoms with E-state index in [0.29, 0.717) is 11.5 Å². The predicted molar refractivity (Wildman–Crippen MR) is 70.8 cm³/mol. The normalized spacial score (nSPS) is 10.7. The minimum Gasteiger partial charge on any atom is -0.469 e. The van der Waals surface area contributed by atoms with Crippen molar-refractivity contribution in [3.05, 3.63) is 42.4 Å². The van der Waals surface area contributed by atoms with Crippen molar-refractivity contribution in [2.75, 3.05) is 7.11 Å². The number of aromatic nitrogens is 3.